The van der Waals surface area contributed by atoms with Crippen molar-refractivity contribution >= 4 is 11.9 Å². The van der Waals surface area contributed by atoms with Gasteiger partial charge in [0.1, 0.15) is 0 Å². The Morgan fingerprint density at radius 1 is 0.467 bits per heavy atom. The first-order chi connectivity index (χ1) is 29.5. The van der Waals surface area contributed by atoms with Crippen molar-refractivity contribution in [1.82, 2.24) is 5.32 Å². The number of hydrogen-bond donors (Lipinski definition) is 3. The molecular formula is C54H99NO5. The van der Waals surface area contributed by atoms with Crippen molar-refractivity contribution in [1.29, 1.82) is 0 Å². The lowest BCUT2D eigenvalue weighted by Gasteiger charge is -2.20. The van der Waals surface area contributed by atoms with Crippen LogP contribution in [0.4, 0.5) is 0 Å². The Morgan fingerprint density at radius 3 is 1.33 bits per heavy atom. The summed E-state index contributed by atoms with van der Waals surface area (Å²) >= 11 is 0. The van der Waals surface area contributed by atoms with E-state index in [1.54, 1.807) is 6.08 Å². The van der Waals surface area contributed by atoms with Crippen LogP contribution >= 0.6 is 0 Å². The molecule has 0 saturated carbocycles. The molecule has 6 nitrogen and oxygen atoms in total. The first-order valence-electron chi connectivity index (χ1n) is 25.9. The number of ether oxygens (including phenoxy) is 1. The molecule has 6 heteroatoms. The number of allylic oxidation sites excluding steroid dienone is 7. The van der Waals surface area contributed by atoms with Gasteiger partial charge in [0.25, 0.3) is 0 Å². The molecular weight excluding hydrogens is 743 g/mol. The molecule has 2 unspecified atom stereocenters. The smallest absolute Gasteiger partial charge is 0.305 e. The molecule has 0 bridgehead atoms. The fraction of sp³-hybridized carbons (Fsp3) is 0.815. The molecule has 3 N–H and O–H groups in total. The summed E-state index contributed by atoms with van der Waals surface area (Å²) in [5.41, 5.74) is 0. The van der Waals surface area contributed by atoms with Gasteiger partial charge in [-0.15, -0.1) is 0 Å². The molecule has 0 aliphatic rings. The highest BCUT2D eigenvalue weighted by Gasteiger charge is 2.18. The van der Waals surface area contributed by atoms with Gasteiger partial charge in [-0.3, -0.25) is 9.59 Å². The van der Waals surface area contributed by atoms with Gasteiger partial charge in [-0.05, 0) is 83.5 Å². The maximum absolute atomic E-state index is 12.4. The summed E-state index contributed by atoms with van der Waals surface area (Å²) < 4.78 is 5.42. The molecule has 0 aliphatic carbocycles. The molecule has 0 fully saturated rings. The van der Waals surface area contributed by atoms with Crippen molar-refractivity contribution in [3.8, 4) is 0 Å². The van der Waals surface area contributed by atoms with Gasteiger partial charge in [0.15, 0.2) is 0 Å². The molecule has 0 aromatic rings. The molecule has 0 aromatic heterocycles. The number of rotatable bonds is 47. The molecule has 0 heterocycles. The first-order valence-corrected chi connectivity index (χ1v) is 25.9. The van der Waals surface area contributed by atoms with Crippen molar-refractivity contribution < 1.29 is 24.5 Å². The zero-order chi connectivity index (χ0) is 43.7. The van der Waals surface area contributed by atoms with Gasteiger partial charge in [0.05, 0.1) is 25.4 Å². The molecule has 0 aliphatic heterocycles. The van der Waals surface area contributed by atoms with Gasteiger partial charge < -0.3 is 20.3 Å². The highest BCUT2D eigenvalue weighted by molar-refractivity contribution is 5.76. The number of unbranched alkanes of at least 4 members (excludes halogenated alkanes) is 30. The molecule has 350 valence electrons. The molecule has 0 aromatic carbocycles. The van der Waals surface area contributed by atoms with E-state index in [0.29, 0.717) is 19.4 Å². The molecule has 2 atom stereocenters. The normalized spacial score (nSPS) is 13.1. The summed E-state index contributed by atoms with van der Waals surface area (Å²) in [7, 11) is 0. The van der Waals surface area contributed by atoms with Crippen molar-refractivity contribution in [3.05, 3.63) is 48.6 Å². The van der Waals surface area contributed by atoms with Crippen molar-refractivity contribution in [2.45, 2.75) is 270 Å². The summed E-state index contributed by atoms with van der Waals surface area (Å²) in [6.45, 7) is 4.76. The largest absolute Gasteiger partial charge is 0.466 e. The third kappa shape index (κ3) is 45.3. The predicted molar refractivity (Wildman–Crippen MR) is 259 cm³/mol. The Balaban J connectivity index is 3.59. The Morgan fingerprint density at radius 2 is 0.850 bits per heavy atom. The van der Waals surface area contributed by atoms with Crippen LogP contribution in [-0.4, -0.2) is 47.4 Å². The fourth-order valence-corrected chi connectivity index (χ4v) is 7.52. The monoisotopic (exact) mass is 842 g/mol. The number of carbonyl (C=O) groups is 2. The van der Waals surface area contributed by atoms with E-state index in [0.717, 1.165) is 89.9 Å². The van der Waals surface area contributed by atoms with E-state index in [4.69, 9.17) is 4.74 Å². The minimum absolute atomic E-state index is 0.0536. The third-order valence-electron chi connectivity index (χ3n) is 11.6. The van der Waals surface area contributed by atoms with E-state index in [1.165, 1.54) is 141 Å². The van der Waals surface area contributed by atoms with Gasteiger partial charge in [-0.25, -0.2) is 0 Å². The van der Waals surface area contributed by atoms with Crippen LogP contribution in [0.3, 0.4) is 0 Å². The van der Waals surface area contributed by atoms with Crippen molar-refractivity contribution in [3.63, 3.8) is 0 Å². The van der Waals surface area contributed by atoms with Gasteiger partial charge in [-0.1, -0.05) is 210 Å². The van der Waals surface area contributed by atoms with Crippen LogP contribution in [0.2, 0.25) is 0 Å². The van der Waals surface area contributed by atoms with Crippen LogP contribution in [0.5, 0.6) is 0 Å². The lowest BCUT2D eigenvalue weighted by atomic mass is 10.0. The Bertz CT molecular complexity index is 1020. The number of hydrogen-bond acceptors (Lipinski definition) is 5. The van der Waals surface area contributed by atoms with E-state index in [1.807, 2.05) is 6.08 Å². The minimum Gasteiger partial charge on any atom is -0.466 e. The summed E-state index contributed by atoms with van der Waals surface area (Å²) in [5.74, 6) is -0.159. The zero-order valence-electron chi connectivity index (χ0n) is 39.7. The average molecular weight is 842 g/mol. The maximum Gasteiger partial charge on any atom is 0.305 e. The molecule has 60 heavy (non-hydrogen) atoms. The third-order valence-corrected chi connectivity index (χ3v) is 11.6. The molecule has 0 spiro atoms. The maximum atomic E-state index is 12.4. The Kier molecular flexibility index (Phi) is 47.7. The average Bonchev–Trinajstić information content (AvgIpc) is 3.25. The molecule has 0 radical (unpaired) electrons. The number of esters is 1. The number of nitrogens with one attached hydrogen (secondary N) is 1. The summed E-state index contributed by atoms with van der Waals surface area (Å²) in [6.07, 6.45) is 61.1. The van der Waals surface area contributed by atoms with Crippen molar-refractivity contribution in [2.75, 3.05) is 13.2 Å². The zero-order valence-corrected chi connectivity index (χ0v) is 39.7. The predicted octanol–water partition coefficient (Wildman–Crippen LogP) is 15.5. The highest BCUT2D eigenvalue weighted by Crippen LogP contribution is 2.15. The standard InChI is InChI=1S/C54H99NO5/c1-3-5-7-9-11-13-15-17-19-20-21-22-23-24-26-30-34-38-42-46-52(57)51(50-56)55-53(58)47-43-39-35-31-28-29-33-37-41-45-49-60-54(59)48-44-40-36-32-27-25-18-16-14-12-10-8-6-4-2/h10,12,16,18,29,33,42,46,51-52,56-57H,3-9,11,13-15,17,19-28,30-32,34-41,43-45,47-50H2,1-2H3,(H,55,58)/b12-10-,18-16-,33-29-,46-42+. The molecule has 0 rings (SSSR count). The lowest BCUT2D eigenvalue weighted by Crippen LogP contribution is -2.45. The second-order valence-corrected chi connectivity index (χ2v) is 17.5. The summed E-state index contributed by atoms with van der Waals surface area (Å²) in [6, 6.07) is -0.655. The van der Waals surface area contributed by atoms with Gasteiger partial charge in [-0.2, -0.15) is 0 Å². The van der Waals surface area contributed by atoms with Crippen LogP contribution in [0.15, 0.2) is 48.6 Å². The van der Waals surface area contributed by atoms with Crippen LogP contribution < -0.4 is 5.32 Å². The second kappa shape index (κ2) is 49.5. The van der Waals surface area contributed by atoms with Crippen LogP contribution in [0, 0.1) is 0 Å². The number of aliphatic hydroxyl groups is 2. The van der Waals surface area contributed by atoms with Gasteiger partial charge >= 0.3 is 5.97 Å². The van der Waals surface area contributed by atoms with Crippen LogP contribution in [0.25, 0.3) is 0 Å². The van der Waals surface area contributed by atoms with Gasteiger partial charge in [0, 0.05) is 12.8 Å². The quantitative estimate of drug-likeness (QED) is 0.0322. The van der Waals surface area contributed by atoms with E-state index in [9.17, 15) is 19.8 Å². The topological polar surface area (TPSA) is 95.9 Å². The number of aliphatic hydroxyl groups excluding tert-OH is 2. The summed E-state index contributed by atoms with van der Waals surface area (Å²) in [4.78, 5) is 24.4. The number of carbonyl (C=O) groups excluding carboxylic acids is 2. The Hall–Kier alpha value is -2.18. The fourth-order valence-electron chi connectivity index (χ4n) is 7.52. The second-order valence-electron chi connectivity index (χ2n) is 17.5. The minimum atomic E-state index is -0.868. The van der Waals surface area contributed by atoms with Crippen LogP contribution in [-0.2, 0) is 14.3 Å². The Labute approximate surface area is 372 Å². The van der Waals surface area contributed by atoms with E-state index in [2.05, 4.69) is 55.6 Å². The summed E-state index contributed by atoms with van der Waals surface area (Å²) in [5, 5.41) is 23.1. The first kappa shape index (κ1) is 57.8. The van der Waals surface area contributed by atoms with Crippen molar-refractivity contribution in [2.24, 2.45) is 0 Å². The van der Waals surface area contributed by atoms with E-state index >= 15 is 0 Å². The van der Waals surface area contributed by atoms with Gasteiger partial charge in [0.2, 0.25) is 5.91 Å². The van der Waals surface area contributed by atoms with E-state index < -0.39 is 12.1 Å². The molecule has 0 saturated heterocycles. The molecule has 1 amide bonds. The van der Waals surface area contributed by atoms with Crippen LogP contribution in [0.1, 0.15) is 258 Å². The number of amides is 1. The lowest BCUT2D eigenvalue weighted by molar-refractivity contribution is -0.143. The highest BCUT2D eigenvalue weighted by atomic mass is 16.5. The SMILES string of the molecule is CCCC/C=C\C/C=C\CCCCCCCC(=O)OCCCC/C=C\CCCCCCC(=O)NC(CO)C(O)/C=C/CCCCCCCCCCCCCCCCCCC. The van der Waals surface area contributed by atoms with E-state index in [-0.39, 0.29) is 18.5 Å².